The number of anilines is 2. The minimum atomic E-state index is -0.318. The minimum absolute atomic E-state index is 0.0883. The quantitative estimate of drug-likeness (QED) is 0.344. The summed E-state index contributed by atoms with van der Waals surface area (Å²) in [5.74, 6) is 0.853. The molecule has 36 heavy (non-hydrogen) atoms. The standard InChI is InChI=1S/C27H23N7O2/c35-21-7-3-6-20(10-21)30-27(36)25-24(16-8-9-16)26-31-23(33-14-17-4-1-2-5-18(17)15-33)11-22(34(26)32-25)19-12-28-29-13-19/h1-7,10-13,16,35H,8-9,14-15H2,(H,28,29)(H,30,36). The van der Waals surface area contributed by atoms with Crippen LogP contribution >= 0.6 is 0 Å². The van der Waals surface area contributed by atoms with Crippen LogP contribution in [0.2, 0.25) is 0 Å². The lowest BCUT2D eigenvalue weighted by molar-refractivity contribution is 0.102. The molecule has 4 heterocycles. The summed E-state index contributed by atoms with van der Waals surface area (Å²) in [6, 6.07) is 17.0. The molecule has 0 radical (unpaired) electrons. The molecule has 0 saturated heterocycles. The SMILES string of the molecule is O=C(Nc1cccc(O)c1)c1nn2c(-c3cn[nH]c3)cc(N3Cc4ccccc4C3)nc2c1C1CC1. The molecule has 0 bridgehead atoms. The molecule has 9 nitrogen and oxygen atoms in total. The molecular formula is C27H23N7O2. The molecule has 1 fully saturated rings. The third kappa shape index (κ3) is 3.48. The van der Waals surface area contributed by atoms with Crippen LogP contribution in [0.15, 0.2) is 67.0 Å². The van der Waals surface area contributed by atoms with Gasteiger partial charge in [0.1, 0.15) is 11.6 Å². The number of aromatic nitrogens is 5. The second-order valence-electron chi connectivity index (χ2n) is 9.39. The number of hydrogen-bond donors (Lipinski definition) is 3. The Morgan fingerprint density at radius 2 is 1.86 bits per heavy atom. The van der Waals surface area contributed by atoms with E-state index in [4.69, 9.17) is 10.1 Å². The van der Waals surface area contributed by atoms with Crippen LogP contribution in [0.4, 0.5) is 11.5 Å². The van der Waals surface area contributed by atoms with Gasteiger partial charge in [0.2, 0.25) is 0 Å². The monoisotopic (exact) mass is 477 g/mol. The number of carbonyl (C=O) groups is 1. The van der Waals surface area contributed by atoms with Crippen molar-refractivity contribution >= 4 is 23.1 Å². The van der Waals surface area contributed by atoms with Crippen molar-refractivity contribution in [1.82, 2.24) is 24.8 Å². The summed E-state index contributed by atoms with van der Waals surface area (Å²) in [5, 5.41) is 24.5. The van der Waals surface area contributed by atoms with Gasteiger partial charge >= 0.3 is 0 Å². The lowest BCUT2D eigenvalue weighted by Crippen LogP contribution is -2.17. The Labute approximate surface area is 206 Å². The maximum Gasteiger partial charge on any atom is 0.276 e. The van der Waals surface area contributed by atoms with Gasteiger partial charge in [0.05, 0.1) is 11.9 Å². The van der Waals surface area contributed by atoms with E-state index in [1.165, 1.54) is 17.2 Å². The number of fused-ring (bicyclic) bond motifs is 2. The molecule has 1 aliphatic heterocycles. The van der Waals surface area contributed by atoms with Crippen molar-refractivity contribution in [3.63, 3.8) is 0 Å². The Hall–Kier alpha value is -4.66. The molecule has 3 N–H and O–H groups in total. The molecule has 1 saturated carbocycles. The van der Waals surface area contributed by atoms with Gasteiger partial charge in [0.25, 0.3) is 5.91 Å². The Balaban J connectivity index is 1.37. The number of nitrogens with one attached hydrogen (secondary N) is 2. The van der Waals surface area contributed by atoms with Crippen LogP contribution in [0.25, 0.3) is 16.9 Å². The van der Waals surface area contributed by atoms with Crippen molar-refractivity contribution in [3.05, 3.63) is 89.4 Å². The van der Waals surface area contributed by atoms with Crippen molar-refractivity contribution in [3.8, 4) is 17.0 Å². The first-order valence-electron chi connectivity index (χ1n) is 12.0. The van der Waals surface area contributed by atoms with E-state index in [1.54, 1.807) is 28.9 Å². The number of hydrogen-bond acceptors (Lipinski definition) is 6. The van der Waals surface area contributed by atoms with Crippen molar-refractivity contribution in [1.29, 1.82) is 0 Å². The van der Waals surface area contributed by atoms with Crippen LogP contribution in [0.5, 0.6) is 5.75 Å². The fourth-order valence-electron chi connectivity index (χ4n) is 4.96. The Morgan fingerprint density at radius 3 is 2.56 bits per heavy atom. The maximum atomic E-state index is 13.4. The number of phenolic OH excluding ortho intramolecular Hbond substituents is 1. The van der Waals surface area contributed by atoms with Gasteiger partial charge < -0.3 is 15.3 Å². The zero-order valence-corrected chi connectivity index (χ0v) is 19.3. The molecule has 0 spiro atoms. The normalized spacial score (nSPS) is 14.8. The zero-order valence-electron chi connectivity index (χ0n) is 19.3. The Bertz CT molecular complexity index is 1590. The van der Waals surface area contributed by atoms with Gasteiger partial charge in [-0.2, -0.15) is 10.2 Å². The molecule has 9 heteroatoms. The van der Waals surface area contributed by atoms with E-state index in [2.05, 4.69) is 44.7 Å². The largest absolute Gasteiger partial charge is 0.508 e. The summed E-state index contributed by atoms with van der Waals surface area (Å²) in [5.41, 5.74) is 6.72. The number of carbonyl (C=O) groups excluding carboxylic acids is 1. The Kier molecular flexibility index (Phi) is 4.57. The average Bonchev–Trinajstić information content (AvgIpc) is 3.28. The van der Waals surface area contributed by atoms with E-state index < -0.39 is 0 Å². The fraction of sp³-hybridized carbons (Fsp3) is 0.185. The van der Waals surface area contributed by atoms with E-state index in [-0.39, 0.29) is 17.6 Å². The van der Waals surface area contributed by atoms with Crippen LogP contribution in [0.1, 0.15) is 45.9 Å². The lowest BCUT2D eigenvalue weighted by Gasteiger charge is -2.18. The minimum Gasteiger partial charge on any atom is -0.508 e. The van der Waals surface area contributed by atoms with Crippen molar-refractivity contribution < 1.29 is 9.90 Å². The summed E-state index contributed by atoms with van der Waals surface area (Å²) in [7, 11) is 0. The molecule has 2 aromatic carbocycles. The third-order valence-corrected chi connectivity index (χ3v) is 6.87. The van der Waals surface area contributed by atoms with Crippen LogP contribution in [-0.4, -0.2) is 35.8 Å². The molecule has 2 aliphatic rings. The highest BCUT2D eigenvalue weighted by Gasteiger charge is 2.35. The number of aromatic amines is 1. The van der Waals surface area contributed by atoms with Gasteiger partial charge in [0, 0.05) is 48.2 Å². The summed E-state index contributed by atoms with van der Waals surface area (Å²) < 4.78 is 1.77. The molecular weight excluding hydrogens is 454 g/mol. The number of benzene rings is 2. The zero-order chi connectivity index (χ0) is 24.2. The lowest BCUT2D eigenvalue weighted by atomic mass is 10.1. The molecule has 178 valence electrons. The molecule has 1 amide bonds. The summed E-state index contributed by atoms with van der Waals surface area (Å²) >= 11 is 0. The number of phenols is 1. The number of amides is 1. The molecule has 0 atom stereocenters. The highest BCUT2D eigenvalue weighted by Crippen LogP contribution is 2.44. The van der Waals surface area contributed by atoms with Gasteiger partial charge in [0.15, 0.2) is 11.3 Å². The molecule has 1 aliphatic carbocycles. The fourth-order valence-corrected chi connectivity index (χ4v) is 4.96. The maximum absolute atomic E-state index is 13.4. The molecule has 3 aromatic heterocycles. The number of aromatic hydroxyl groups is 1. The van der Waals surface area contributed by atoms with E-state index in [9.17, 15) is 9.90 Å². The van der Waals surface area contributed by atoms with E-state index >= 15 is 0 Å². The van der Waals surface area contributed by atoms with Crippen molar-refractivity contribution in [2.24, 2.45) is 0 Å². The smallest absolute Gasteiger partial charge is 0.276 e. The van der Waals surface area contributed by atoms with E-state index in [1.807, 2.05) is 12.3 Å². The molecule has 5 aromatic rings. The average molecular weight is 478 g/mol. The number of H-pyrrole nitrogens is 1. The predicted octanol–water partition coefficient (Wildman–Crippen LogP) is 4.47. The van der Waals surface area contributed by atoms with Crippen LogP contribution in [-0.2, 0) is 13.1 Å². The van der Waals surface area contributed by atoms with Gasteiger partial charge in [-0.1, -0.05) is 30.3 Å². The summed E-state index contributed by atoms with van der Waals surface area (Å²) in [6.07, 6.45) is 5.57. The Morgan fingerprint density at radius 1 is 1.06 bits per heavy atom. The van der Waals surface area contributed by atoms with Crippen LogP contribution in [0, 0.1) is 0 Å². The van der Waals surface area contributed by atoms with Crippen molar-refractivity contribution in [2.45, 2.75) is 31.8 Å². The second kappa shape index (κ2) is 7.94. The second-order valence-corrected chi connectivity index (χ2v) is 9.39. The van der Waals surface area contributed by atoms with Crippen LogP contribution < -0.4 is 10.2 Å². The first kappa shape index (κ1) is 20.7. The first-order valence-corrected chi connectivity index (χ1v) is 12.0. The van der Waals surface area contributed by atoms with Gasteiger partial charge in [-0.05, 0) is 42.0 Å². The highest BCUT2D eigenvalue weighted by atomic mass is 16.3. The van der Waals surface area contributed by atoms with E-state index in [0.717, 1.165) is 48.6 Å². The van der Waals surface area contributed by atoms with Gasteiger partial charge in [-0.25, -0.2) is 9.50 Å². The van der Waals surface area contributed by atoms with Gasteiger partial charge in [-0.15, -0.1) is 0 Å². The number of nitrogens with zero attached hydrogens (tertiary/aromatic N) is 5. The van der Waals surface area contributed by atoms with Crippen molar-refractivity contribution in [2.75, 3.05) is 10.2 Å². The summed E-state index contributed by atoms with van der Waals surface area (Å²) in [4.78, 5) is 20.7. The first-order chi connectivity index (χ1) is 17.6. The van der Waals surface area contributed by atoms with Gasteiger partial charge in [-0.3, -0.25) is 9.89 Å². The molecule has 0 unspecified atom stereocenters. The molecule has 7 rings (SSSR count). The number of rotatable bonds is 5. The third-order valence-electron chi connectivity index (χ3n) is 6.87. The topological polar surface area (TPSA) is 111 Å². The predicted molar refractivity (Wildman–Crippen MR) is 135 cm³/mol. The van der Waals surface area contributed by atoms with Crippen LogP contribution in [0.3, 0.4) is 0 Å². The highest BCUT2D eigenvalue weighted by molar-refractivity contribution is 6.05. The van der Waals surface area contributed by atoms with E-state index in [0.29, 0.717) is 17.0 Å². The summed E-state index contributed by atoms with van der Waals surface area (Å²) in [6.45, 7) is 1.56.